The van der Waals surface area contributed by atoms with Crippen LogP contribution in [0.2, 0.25) is 0 Å². The molecule has 0 bridgehead atoms. The zero-order valence-electron chi connectivity index (χ0n) is 34.3. The Hall–Kier alpha value is -1.97. The number of halogens is 6. The van der Waals surface area contributed by atoms with Gasteiger partial charge in [0.25, 0.3) is 0 Å². The molecule has 0 unspecified atom stereocenters. The van der Waals surface area contributed by atoms with Gasteiger partial charge >= 0.3 is 191 Å². The van der Waals surface area contributed by atoms with Crippen molar-refractivity contribution in [1.29, 1.82) is 0 Å². The number of rotatable bonds is 4. The summed E-state index contributed by atoms with van der Waals surface area (Å²) in [6, 6.07) is 29.0. The first kappa shape index (κ1) is 49.7. The van der Waals surface area contributed by atoms with Gasteiger partial charge in [-0.25, -0.2) is 13.1 Å². The second-order valence-corrected chi connectivity index (χ2v) is 26.3. The van der Waals surface area contributed by atoms with Crippen molar-refractivity contribution >= 4 is 104 Å². The Morgan fingerprint density at radius 2 is 0.898 bits per heavy atom. The van der Waals surface area contributed by atoms with Crippen LogP contribution in [0.4, 0.5) is 11.4 Å². The van der Waals surface area contributed by atoms with Gasteiger partial charge in [-0.2, -0.15) is 12.8 Å². The van der Waals surface area contributed by atoms with Crippen LogP contribution >= 0.6 is 62.0 Å². The monoisotopic (exact) mass is 1090 g/mol. The van der Waals surface area contributed by atoms with E-state index in [1.165, 1.54) is 83.5 Å². The molecular weight excluding hydrogens is 1040 g/mol. The minimum atomic E-state index is -1.76. The number of hydrogen-bond donors (Lipinski definition) is 0. The van der Waals surface area contributed by atoms with Crippen LogP contribution in [0.25, 0.3) is 21.8 Å². The van der Waals surface area contributed by atoms with E-state index in [-0.39, 0.29) is 5.34 Å². The van der Waals surface area contributed by atoms with E-state index < -0.39 is 27.0 Å². The predicted molar refractivity (Wildman–Crippen MR) is 257 cm³/mol. The average molecular weight is 1090 g/mol. The molecule has 0 amide bonds. The molecule has 0 radical (unpaired) electrons. The summed E-state index contributed by atoms with van der Waals surface area (Å²) in [6.07, 6.45) is 8.61. The van der Waals surface area contributed by atoms with Gasteiger partial charge in [-0.05, 0) is 76.9 Å². The van der Waals surface area contributed by atoms with Crippen molar-refractivity contribution < 1.29 is 27.0 Å². The maximum absolute atomic E-state index is 5.84. The van der Waals surface area contributed by atoms with Gasteiger partial charge in [0.1, 0.15) is 0 Å². The number of benzene rings is 4. The molecule has 0 saturated carbocycles. The molecule has 59 heavy (non-hydrogen) atoms. The molecule has 4 heterocycles. The minimum absolute atomic E-state index is 0.194. The van der Waals surface area contributed by atoms with Gasteiger partial charge in [0, 0.05) is 11.4 Å². The summed E-state index contributed by atoms with van der Waals surface area (Å²) < 4.78 is 3.84. The first-order chi connectivity index (χ1) is 28.3. The third-order valence-electron chi connectivity index (χ3n) is 9.45. The van der Waals surface area contributed by atoms with Crippen molar-refractivity contribution in [2.75, 3.05) is 28.2 Å². The molecule has 4 aromatic carbocycles. The van der Waals surface area contributed by atoms with Crippen LogP contribution in [0.1, 0.15) is 70.2 Å². The molecule has 0 N–H and O–H groups in total. The van der Waals surface area contributed by atoms with E-state index in [2.05, 4.69) is 98.7 Å². The molecule has 12 heteroatoms. The molecule has 2 aliphatic heterocycles. The standard InChI is InChI=1S/2C13H18N.2C10H7N.CH2Cl2.4ClH.2Ru/c2*1-10-8-11(2)13(12(3)9-10)14-6-4-5-7-14;2*1-8-4-2-5-9-6-3-7-11-10(8)9;2-1-3;;;;;;/h2*6,8-9H,4-5,7H2,1-3H3;2*1-7H;1H2;4*1H;;/q2*-1;;;;;;;;2*+2/p-4. The van der Waals surface area contributed by atoms with E-state index in [1.54, 1.807) is 12.4 Å². The fourth-order valence-electron chi connectivity index (χ4n) is 7.44. The topological polar surface area (TPSA) is 32.3 Å². The van der Waals surface area contributed by atoms with Gasteiger partial charge in [-0.1, -0.05) is 48.2 Å². The van der Waals surface area contributed by atoms with Crippen LogP contribution in [0.5, 0.6) is 0 Å². The van der Waals surface area contributed by atoms with Crippen molar-refractivity contribution in [3.63, 3.8) is 0 Å². The normalized spacial score (nSPS) is 13.5. The first-order valence-electron chi connectivity index (χ1n) is 19.1. The number of aromatic nitrogens is 2. The number of fused-ring (bicyclic) bond motifs is 2. The third-order valence-corrected chi connectivity index (χ3v) is 13.1. The Labute approximate surface area is 388 Å². The van der Waals surface area contributed by atoms with Crippen LogP contribution in [0.15, 0.2) is 97.3 Å². The Morgan fingerprint density at radius 3 is 1.20 bits per heavy atom. The number of aryl methyl sites for hydroxylation is 6. The van der Waals surface area contributed by atoms with Crippen molar-refractivity contribution in [1.82, 2.24) is 9.97 Å². The molecule has 320 valence electrons. The third kappa shape index (κ3) is 15.7. The average Bonchev–Trinajstić information content (AvgIpc) is 3.91. The van der Waals surface area contributed by atoms with E-state index in [0.717, 1.165) is 32.9 Å². The van der Waals surface area contributed by atoms with Crippen LogP contribution in [0, 0.1) is 54.6 Å². The summed E-state index contributed by atoms with van der Waals surface area (Å²) in [4.78, 5) is 13.4. The fourth-order valence-corrected chi connectivity index (χ4v) is 11.0. The van der Waals surface area contributed by atoms with Gasteiger partial charge in [0.2, 0.25) is 0 Å². The van der Waals surface area contributed by atoms with Crippen LogP contribution < -0.4 is 9.80 Å². The van der Waals surface area contributed by atoms with Crippen molar-refractivity contribution in [3.8, 4) is 0 Å². The van der Waals surface area contributed by atoms with Gasteiger partial charge in [-0.3, -0.25) is 0 Å². The van der Waals surface area contributed by atoms with Gasteiger partial charge in [0.05, 0.1) is 5.34 Å². The van der Waals surface area contributed by atoms with E-state index in [1.807, 2.05) is 69.9 Å². The van der Waals surface area contributed by atoms with E-state index in [0.29, 0.717) is 0 Å². The molecule has 8 rings (SSSR count). The molecule has 6 aromatic rings. The van der Waals surface area contributed by atoms with Crippen molar-refractivity contribution in [3.05, 3.63) is 155 Å². The number of pyridine rings is 2. The summed E-state index contributed by atoms with van der Waals surface area (Å²) in [6.45, 7) is 20.2. The van der Waals surface area contributed by atoms with Crippen LogP contribution in [-0.4, -0.2) is 37.6 Å². The Balaban J connectivity index is 0.000000170. The number of alkyl halides is 2. The second-order valence-electron chi connectivity index (χ2n) is 14.1. The predicted octanol–water partition coefficient (Wildman–Crippen LogP) is 14.8. The number of para-hydroxylation sites is 2. The van der Waals surface area contributed by atoms with Gasteiger partial charge in [0.15, 0.2) is 0 Å². The summed E-state index contributed by atoms with van der Waals surface area (Å²) in [5, 5.41) is 2.43. The number of nitrogens with zero attached hydrogens (tertiary/aromatic N) is 4. The van der Waals surface area contributed by atoms with Crippen LogP contribution in [-0.2, 0) is 27.0 Å². The van der Waals surface area contributed by atoms with E-state index in [4.69, 9.17) is 62.0 Å². The molecule has 0 spiro atoms. The molecule has 4 nitrogen and oxygen atoms in total. The van der Waals surface area contributed by atoms with Crippen LogP contribution in [0.3, 0.4) is 0 Å². The zero-order chi connectivity index (χ0) is 42.9. The SMILES string of the molecule is Cc1cc(C)c(N2[CH-]CCC2)c(C)c1.Cc1cc(C)c(N2[CH-]CCC2)c(C)c1.ClCCl.[Cl][Ru]([Cl])=[CH]c1cccc2cccnc12.[Cl][Ru]([Cl])=[CH]c1cccc2cccnc12. The summed E-state index contributed by atoms with van der Waals surface area (Å²) in [5.74, 6) is 0. The molecule has 2 fully saturated rings. The molecule has 2 aliphatic rings. The maximum atomic E-state index is 5.84. The first-order valence-corrected chi connectivity index (χ1v) is 31.2. The molecule has 0 aliphatic carbocycles. The van der Waals surface area contributed by atoms with Crippen molar-refractivity contribution in [2.45, 2.75) is 67.2 Å². The fraction of sp³-hybridized carbons (Fsp3) is 0.277. The quantitative estimate of drug-likeness (QED) is 0.100. The molecular formula is C47H52Cl6N4Ru2-2. The van der Waals surface area contributed by atoms with E-state index >= 15 is 0 Å². The molecule has 2 saturated heterocycles. The summed E-state index contributed by atoms with van der Waals surface area (Å²) in [5.41, 5.74) is 15.2. The summed E-state index contributed by atoms with van der Waals surface area (Å²) >= 11 is 6.00. The van der Waals surface area contributed by atoms with Gasteiger partial charge < -0.3 is 9.80 Å². The zero-order valence-corrected chi connectivity index (χ0v) is 42.3. The number of anilines is 2. The molecule has 0 atom stereocenters. The summed E-state index contributed by atoms with van der Waals surface area (Å²) in [7, 11) is 23.4. The Bertz CT molecular complexity index is 2110. The number of hydrogen-bond acceptors (Lipinski definition) is 4. The van der Waals surface area contributed by atoms with Gasteiger partial charge in [-0.15, -0.1) is 23.2 Å². The Kier molecular flexibility index (Phi) is 21.8. The molecule has 2 aromatic heterocycles. The van der Waals surface area contributed by atoms with E-state index in [9.17, 15) is 0 Å². The second kappa shape index (κ2) is 25.8. The van der Waals surface area contributed by atoms with Crippen molar-refractivity contribution in [2.24, 2.45) is 0 Å². The Morgan fingerprint density at radius 1 is 0.559 bits per heavy atom.